The van der Waals surface area contributed by atoms with Crippen LogP contribution in [-0.2, 0) is 11.8 Å². The molecule has 1 atom stereocenters. The van der Waals surface area contributed by atoms with Gasteiger partial charge in [-0.3, -0.25) is 14.8 Å². The fourth-order valence-corrected chi connectivity index (χ4v) is 2.19. The third kappa shape index (κ3) is 4.16. The zero-order valence-electron chi connectivity index (χ0n) is 11.1. The molecule has 0 aliphatic heterocycles. The third-order valence-electron chi connectivity index (χ3n) is 2.47. The number of alkyl halides is 2. The SMILES string of the molecule is CNC(C(=O)Nc1nnc(C(F)F)s1)c1cnn(C)c1.Cl. The summed E-state index contributed by atoms with van der Waals surface area (Å²) in [6.45, 7) is 0. The molecule has 2 rings (SSSR count). The van der Waals surface area contributed by atoms with E-state index < -0.39 is 23.4 Å². The van der Waals surface area contributed by atoms with E-state index in [0.29, 0.717) is 16.9 Å². The number of carbonyl (C=O) groups is 1. The Hall–Kier alpha value is -1.65. The van der Waals surface area contributed by atoms with Crippen LogP contribution in [0.4, 0.5) is 13.9 Å². The zero-order valence-corrected chi connectivity index (χ0v) is 12.7. The Morgan fingerprint density at radius 3 is 2.62 bits per heavy atom. The van der Waals surface area contributed by atoms with Crippen LogP contribution in [0.3, 0.4) is 0 Å². The topological polar surface area (TPSA) is 84.7 Å². The number of nitrogens with zero attached hydrogens (tertiary/aromatic N) is 4. The minimum atomic E-state index is -2.70. The molecule has 2 aromatic heterocycles. The van der Waals surface area contributed by atoms with Crippen LogP contribution in [0.15, 0.2) is 12.4 Å². The monoisotopic (exact) mass is 338 g/mol. The second kappa shape index (κ2) is 7.38. The van der Waals surface area contributed by atoms with Crippen molar-refractivity contribution >= 4 is 34.8 Å². The van der Waals surface area contributed by atoms with Crippen LogP contribution in [0.5, 0.6) is 0 Å². The molecule has 0 radical (unpaired) electrons. The summed E-state index contributed by atoms with van der Waals surface area (Å²) in [7, 11) is 3.34. The second-order valence-corrected chi connectivity index (χ2v) is 4.91. The molecule has 2 N–H and O–H groups in total. The first kappa shape index (κ1) is 17.4. The molecule has 0 aromatic carbocycles. The molecule has 0 saturated heterocycles. The van der Waals surface area contributed by atoms with Crippen LogP contribution < -0.4 is 10.6 Å². The lowest BCUT2D eigenvalue weighted by Crippen LogP contribution is -2.30. The van der Waals surface area contributed by atoms with Crippen molar-refractivity contribution in [2.45, 2.75) is 12.5 Å². The molecule has 1 amide bonds. The Labute approximate surface area is 129 Å². The van der Waals surface area contributed by atoms with Gasteiger partial charge in [-0.05, 0) is 7.05 Å². The van der Waals surface area contributed by atoms with Crippen molar-refractivity contribution < 1.29 is 13.6 Å². The molecule has 11 heteroatoms. The Morgan fingerprint density at radius 1 is 1.43 bits per heavy atom. The maximum Gasteiger partial charge on any atom is 0.291 e. The molecule has 0 bridgehead atoms. The molecular weight excluding hydrogens is 326 g/mol. The van der Waals surface area contributed by atoms with Gasteiger partial charge in [0.2, 0.25) is 11.0 Å². The molecule has 0 saturated carbocycles. The summed E-state index contributed by atoms with van der Waals surface area (Å²) in [5, 5.41) is 15.7. The van der Waals surface area contributed by atoms with Gasteiger partial charge in [-0.1, -0.05) is 11.3 Å². The van der Waals surface area contributed by atoms with Crippen LogP contribution in [0, 0.1) is 0 Å². The van der Waals surface area contributed by atoms with E-state index in [-0.39, 0.29) is 17.5 Å². The molecule has 0 spiro atoms. The van der Waals surface area contributed by atoms with E-state index in [2.05, 4.69) is 25.9 Å². The van der Waals surface area contributed by atoms with Gasteiger partial charge < -0.3 is 5.32 Å². The fourth-order valence-electron chi connectivity index (χ4n) is 1.59. The van der Waals surface area contributed by atoms with Crippen molar-refractivity contribution in [2.24, 2.45) is 7.05 Å². The molecule has 0 aliphatic carbocycles. The average molecular weight is 339 g/mol. The highest BCUT2D eigenvalue weighted by atomic mass is 35.5. The van der Waals surface area contributed by atoms with E-state index in [1.54, 1.807) is 31.2 Å². The largest absolute Gasteiger partial charge is 0.305 e. The Bertz CT molecular complexity index is 604. The number of nitrogens with one attached hydrogen (secondary N) is 2. The van der Waals surface area contributed by atoms with Crippen molar-refractivity contribution in [3.05, 3.63) is 23.0 Å². The molecule has 7 nitrogen and oxygen atoms in total. The lowest BCUT2D eigenvalue weighted by atomic mass is 10.1. The van der Waals surface area contributed by atoms with E-state index in [9.17, 15) is 13.6 Å². The van der Waals surface area contributed by atoms with Gasteiger partial charge in [0, 0.05) is 18.8 Å². The normalized spacial score (nSPS) is 12.0. The standard InChI is InChI=1S/C10H12F2N6OS.ClH/c1-13-6(5-3-14-18(2)4-5)8(19)15-10-17-16-9(20-10)7(11)12;/h3-4,6-7,13H,1-2H3,(H,15,17,19);1H. The summed E-state index contributed by atoms with van der Waals surface area (Å²) in [5.41, 5.74) is 0.658. The van der Waals surface area contributed by atoms with Crippen LogP contribution in [0.2, 0.25) is 0 Å². The maximum atomic E-state index is 12.4. The molecule has 2 heterocycles. The van der Waals surface area contributed by atoms with Gasteiger partial charge in [-0.25, -0.2) is 8.78 Å². The lowest BCUT2D eigenvalue weighted by Gasteiger charge is -2.12. The van der Waals surface area contributed by atoms with E-state index in [0.717, 1.165) is 0 Å². The van der Waals surface area contributed by atoms with Crippen molar-refractivity contribution in [1.29, 1.82) is 0 Å². The number of amides is 1. The molecule has 0 aliphatic rings. The number of hydrogen-bond donors (Lipinski definition) is 2. The summed E-state index contributed by atoms with van der Waals surface area (Å²) in [6, 6.07) is -0.650. The molecule has 1 unspecified atom stereocenters. The van der Waals surface area contributed by atoms with Gasteiger partial charge in [0.05, 0.1) is 6.20 Å². The maximum absolute atomic E-state index is 12.4. The number of rotatable bonds is 5. The second-order valence-electron chi connectivity index (χ2n) is 3.90. The van der Waals surface area contributed by atoms with Crippen molar-refractivity contribution in [2.75, 3.05) is 12.4 Å². The smallest absolute Gasteiger partial charge is 0.291 e. The molecule has 2 aromatic rings. The Kier molecular flexibility index (Phi) is 6.12. The zero-order chi connectivity index (χ0) is 14.7. The van der Waals surface area contributed by atoms with E-state index in [4.69, 9.17) is 0 Å². The first-order valence-electron chi connectivity index (χ1n) is 5.59. The molecule has 21 heavy (non-hydrogen) atoms. The van der Waals surface area contributed by atoms with Gasteiger partial charge in [-0.2, -0.15) is 5.10 Å². The van der Waals surface area contributed by atoms with Crippen LogP contribution in [0.25, 0.3) is 0 Å². The minimum Gasteiger partial charge on any atom is -0.305 e. The molecular formula is C10H13ClF2N6OS. The average Bonchev–Trinajstić information content (AvgIpc) is 3.00. The van der Waals surface area contributed by atoms with Gasteiger partial charge in [-0.15, -0.1) is 22.6 Å². The predicted molar refractivity (Wildman–Crippen MR) is 75.8 cm³/mol. The highest BCUT2D eigenvalue weighted by Gasteiger charge is 2.22. The number of aromatic nitrogens is 4. The van der Waals surface area contributed by atoms with Gasteiger partial charge in [0.15, 0.2) is 5.01 Å². The highest BCUT2D eigenvalue weighted by Crippen LogP contribution is 2.25. The fraction of sp³-hybridized carbons (Fsp3) is 0.400. The van der Waals surface area contributed by atoms with Crippen LogP contribution in [0.1, 0.15) is 23.0 Å². The highest BCUT2D eigenvalue weighted by molar-refractivity contribution is 7.15. The Balaban J connectivity index is 0.00000220. The lowest BCUT2D eigenvalue weighted by molar-refractivity contribution is -0.118. The van der Waals surface area contributed by atoms with E-state index >= 15 is 0 Å². The van der Waals surface area contributed by atoms with Crippen molar-refractivity contribution in [3.63, 3.8) is 0 Å². The van der Waals surface area contributed by atoms with Crippen LogP contribution >= 0.6 is 23.7 Å². The van der Waals surface area contributed by atoms with Gasteiger partial charge in [0.1, 0.15) is 6.04 Å². The number of halogens is 3. The minimum absolute atomic E-state index is 0. The van der Waals surface area contributed by atoms with Crippen LogP contribution in [-0.4, -0.2) is 32.9 Å². The third-order valence-corrected chi connectivity index (χ3v) is 3.31. The molecule has 0 fully saturated rings. The van der Waals surface area contributed by atoms with Crippen molar-refractivity contribution in [3.8, 4) is 0 Å². The first-order chi connectivity index (χ1) is 9.51. The predicted octanol–water partition coefficient (Wildman–Crippen LogP) is 1.53. The summed E-state index contributed by atoms with van der Waals surface area (Å²) >= 11 is 0.645. The first-order valence-corrected chi connectivity index (χ1v) is 6.41. The number of likely N-dealkylation sites (N-methyl/N-ethyl adjacent to an activating group) is 1. The van der Waals surface area contributed by atoms with E-state index in [1.165, 1.54) is 0 Å². The van der Waals surface area contributed by atoms with Crippen molar-refractivity contribution in [1.82, 2.24) is 25.3 Å². The summed E-state index contributed by atoms with van der Waals surface area (Å²) in [6.07, 6.45) is 0.535. The van der Waals surface area contributed by atoms with E-state index in [1.807, 2.05) is 0 Å². The quantitative estimate of drug-likeness (QED) is 0.863. The number of aryl methyl sites for hydroxylation is 1. The number of carbonyl (C=O) groups excluding carboxylic acids is 1. The number of hydrogen-bond acceptors (Lipinski definition) is 6. The number of anilines is 1. The van der Waals surface area contributed by atoms with Gasteiger partial charge >= 0.3 is 0 Å². The summed E-state index contributed by atoms with van der Waals surface area (Å²) in [5.74, 6) is -0.419. The summed E-state index contributed by atoms with van der Waals surface area (Å²) < 4.78 is 26.3. The Morgan fingerprint density at radius 2 is 2.14 bits per heavy atom. The van der Waals surface area contributed by atoms with Gasteiger partial charge in [0.25, 0.3) is 6.43 Å². The summed E-state index contributed by atoms with van der Waals surface area (Å²) in [4.78, 5) is 12.1. The molecule has 116 valence electrons.